The Morgan fingerprint density at radius 1 is 1.37 bits per heavy atom. The van der Waals surface area contributed by atoms with E-state index in [4.69, 9.17) is 23.2 Å². The predicted octanol–water partition coefficient (Wildman–Crippen LogP) is 3.03. The predicted molar refractivity (Wildman–Crippen MR) is 70.5 cm³/mol. The summed E-state index contributed by atoms with van der Waals surface area (Å²) in [5, 5.41) is -0.718. The maximum atomic E-state index is 13.5. The number of rotatable bonds is 2. The van der Waals surface area contributed by atoms with E-state index in [9.17, 15) is 14.0 Å². The number of hydrogen-bond donors (Lipinski definition) is 0. The van der Waals surface area contributed by atoms with Crippen LogP contribution in [0.25, 0.3) is 0 Å². The quantitative estimate of drug-likeness (QED) is 0.622. The highest BCUT2D eigenvalue weighted by molar-refractivity contribution is 6.66. The van der Waals surface area contributed by atoms with Gasteiger partial charge in [-0.05, 0) is 36.6 Å². The molecule has 3 nitrogen and oxygen atoms in total. The molecule has 6 heteroatoms. The minimum Gasteiger partial charge on any atom is -0.367 e. The van der Waals surface area contributed by atoms with Crippen molar-refractivity contribution in [1.82, 2.24) is 0 Å². The van der Waals surface area contributed by atoms with Gasteiger partial charge in [-0.25, -0.2) is 4.39 Å². The molecule has 0 N–H and O–H groups in total. The highest BCUT2D eigenvalue weighted by Crippen LogP contribution is 2.40. The molecule has 0 radical (unpaired) electrons. The third kappa shape index (κ3) is 2.13. The molecule has 1 aromatic carbocycles. The van der Waals surface area contributed by atoms with Gasteiger partial charge in [0.2, 0.25) is 5.24 Å². The smallest absolute Gasteiger partial charge is 0.234 e. The van der Waals surface area contributed by atoms with Crippen LogP contribution in [0.15, 0.2) is 12.1 Å². The number of fused-ring (bicyclic) bond motifs is 1. The van der Waals surface area contributed by atoms with E-state index in [0.717, 1.165) is 18.9 Å². The van der Waals surface area contributed by atoms with Crippen molar-refractivity contribution in [2.45, 2.75) is 18.9 Å². The summed E-state index contributed by atoms with van der Waals surface area (Å²) in [4.78, 5) is 25.5. The normalized spacial score (nSPS) is 22.4. The first-order valence-corrected chi connectivity index (χ1v) is 6.74. The molecule has 100 valence electrons. The van der Waals surface area contributed by atoms with Gasteiger partial charge in [-0.2, -0.15) is 0 Å². The number of carbonyl (C=O) groups excluding carboxylic acids is 2. The lowest BCUT2D eigenvalue weighted by Gasteiger charge is -2.34. The van der Waals surface area contributed by atoms with Gasteiger partial charge in [-0.3, -0.25) is 9.59 Å². The second kappa shape index (κ2) is 4.46. The fourth-order valence-electron chi connectivity index (χ4n) is 2.44. The Morgan fingerprint density at radius 2 is 2.05 bits per heavy atom. The first-order valence-electron chi connectivity index (χ1n) is 5.98. The zero-order valence-corrected chi connectivity index (χ0v) is 11.3. The van der Waals surface area contributed by atoms with Crippen molar-refractivity contribution >= 4 is 39.9 Å². The maximum absolute atomic E-state index is 13.5. The fraction of sp³-hybridized carbons (Fsp3) is 0.385. The third-order valence-electron chi connectivity index (χ3n) is 3.57. The number of anilines is 1. The monoisotopic (exact) mass is 301 g/mol. The van der Waals surface area contributed by atoms with Crippen molar-refractivity contribution in [2.75, 3.05) is 11.4 Å². The van der Waals surface area contributed by atoms with Gasteiger partial charge in [0, 0.05) is 23.8 Å². The molecule has 2 aliphatic rings. The Bertz CT molecular complexity index is 586. The van der Waals surface area contributed by atoms with Crippen molar-refractivity contribution in [3.8, 4) is 0 Å². The summed E-state index contributed by atoms with van der Waals surface area (Å²) in [5.74, 6) is -2.01. The topological polar surface area (TPSA) is 37.4 Å². The van der Waals surface area contributed by atoms with Crippen molar-refractivity contribution in [1.29, 1.82) is 0 Å². The van der Waals surface area contributed by atoms with Gasteiger partial charge < -0.3 is 4.90 Å². The lowest BCUT2D eigenvalue weighted by atomic mass is 9.91. The second-order valence-electron chi connectivity index (χ2n) is 4.89. The van der Waals surface area contributed by atoms with E-state index in [1.165, 1.54) is 6.07 Å². The SMILES string of the molecule is O=C(Cl)C1CN(C2CC2)c2cc(Cl)c(F)cc2C1=O. The Hall–Kier alpha value is -1.13. The van der Waals surface area contributed by atoms with Gasteiger partial charge in [0.05, 0.1) is 5.02 Å². The van der Waals surface area contributed by atoms with Crippen LogP contribution in [-0.2, 0) is 4.79 Å². The van der Waals surface area contributed by atoms with Crippen LogP contribution in [0.3, 0.4) is 0 Å². The standard InChI is InChI=1S/C13H10Cl2FNO2/c14-9-4-11-7(3-10(9)16)12(18)8(13(15)19)5-17(11)6-1-2-6/h3-4,6,8H,1-2,5H2. The summed E-state index contributed by atoms with van der Waals surface area (Å²) in [5.41, 5.74) is 0.798. The molecule has 0 saturated heterocycles. The molecule has 3 rings (SSSR count). The fourth-order valence-corrected chi connectivity index (χ4v) is 2.77. The van der Waals surface area contributed by atoms with Crippen LogP contribution in [-0.4, -0.2) is 23.6 Å². The Kier molecular flexibility index (Phi) is 3.02. The molecule has 0 bridgehead atoms. The van der Waals surface area contributed by atoms with Gasteiger partial charge in [0.15, 0.2) is 5.78 Å². The average Bonchev–Trinajstić information content (AvgIpc) is 3.16. The first-order chi connectivity index (χ1) is 8.99. The minimum absolute atomic E-state index is 0.0205. The Balaban J connectivity index is 2.12. The number of halogens is 3. The van der Waals surface area contributed by atoms with E-state index in [-0.39, 0.29) is 23.2 Å². The average molecular weight is 302 g/mol. The molecule has 1 aliphatic heterocycles. The summed E-state index contributed by atoms with van der Waals surface area (Å²) < 4.78 is 13.5. The lowest BCUT2D eigenvalue weighted by molar-refractivity contribution is -0.113. The molecule has 1 fully saturated rings. The van der Waals surface area contributed by atoms with E-state index >= 15 is 0 Å². The minimum atomic E-state index is -0.921. The summed E-state index contributed by atoms with van der Waals surface area (Å²) in [7, 11) is 0. The molecule has 1 atom stereocenters. The Morgan fingerprint density at radius 3 is 2.63 bits per heavy atom. The molecule has 1 aliphatic carbocycles. The second-order valence-corrected chi connectivity index (χ2v) is 5.67. The van der Waals surface area contributed by atoms with E-state index in [0.29, 0.717) is 5.69 Å². The molecular weight excluding hydrogens is 292 g/mol. The van der Waals surface area contributed by atoms with Gasteiger partial charge in [-0.15, -0.1) is 0 Å². The van der Waals surface area contributed by atoms with Crippen LogP contribution >= 0.6 is 23.2 Å². The summed E-state index contributed by atoms with van der Waals surface area (Å²) in [6.07, 6.45) is 1.98. The van der Waals surface area contributed by atoms with Crippen LogP contribution in [0.1, 0.15) is 23.2 Å². The zero-order valence-electron chi connectivity index (χ0n) is 9.83. The molecular formula is C13H10Cl2FNO2. The molecule has 1 heterocycles. The first kappa shape index (κ1) is 12.9. The van der Waals surface area contributed by atoms with Gasteiger partial charge in [0.1, 0.15) is 11.7 Å². The molecule has 1 unspecified atom stereocenters. The zero-order chi connectivity index (χ0) is 13.7. The highest BCUT2D eigenvalue weighted by Gasteiger charge is 2.41. The molecule has 1 aromatic rings. The number of benzene rings is 1. The number of Topliss-reactive ketones (excluding diaryl/α,β-unsaturated/α-hetero) is 1. The van der Waals surface area contributed by atoms with Crippen LogP contribution in [0.5, 0.6) is 0 Å². The van der Waals surface area contributed by atoms with Crippen LogP contribution in [0.2, 0.25) is 5.02 Å². The highest BCUT2D eigenvalue weighted by atomic mass is 35.5. The van der Waals surface area contributed by atoms with Crippen molar-refractivity contribution in [3.05, 3.63) is 28.5 Å². The van der Waals surface area contributed by atoms with Crippen molar-refractivity contribution < 1.29 is 14.0 Å². The third-order valence-corrected chi connectivity index (χ3v) is 4.12. The van der Waals surface area contributed by atoms with E-state index in [1.54, 1.807) is 0 Å². The van der Waals surface area contributed by atoms with Gasteiger partial charge in [0.25, 0.3) is 0 Å². The van der Waals surface area contributed by atoms with Gasteiger partial charge >= 0.3 is 0 Å². The number of carbonyl (C=O) groups is 2. The number of nitrogens with zero attached hydrogens (tertiary/aromatic N) is 1. The maximum Gasteiger partial charge on any atom is 0.234 e. The summed E-state index contributed by atoms with van der Waals surface area (Å²) >= 11 is 11.2. The van der Waals surface area contributed by atoms with Crippen LogP contribution < -0.4 is 4.90 Å². The van der Waals surface area contributed by atoms with Gasteiger partial charge in [-0.1, -0.05) is 11.6 Å². The van der Waals surface area contributed by atoms with Crippen LogP contribution in [0, 0.1) is 11.7 Å². The molecule has 0 spiro atoms. The summed E-state index contributed by atoms with van der Waals surface area (Å²) in [6, 6.07) is 2.84. The number of ketones is 1. The molecule has 19 heavy (non-hydrogen) atoms. The Labute approximate surface area is 119 Å². The molecule has 1 saturated carbocycles. The molecule has 0 aromatic heterocycles. The van der Waals surface area contributed by atoms with Crippen molar-refractivity contribution in [3.63, 3.8) is 0 Å². The lowest BCUT2D eigenvalue weighted by Crippen LogP contribution is -2.43. The van der Waals surface area contributed by atoms with E-state index in [2.05, 4.69) is 0 Å². The summed E-state index contributed by atoms with van der Waals surface area (Å²) in [6.45, 7) is 0.251. The van der Waals surface area contributed by atoms with E-state index in [1.807, 2.05) is 4.90 Å². The van der Waals surface area contributed by atoms with Crippen LogP contribution in [0.4, 0.5) is 10.1 Å². The van der Waals surface area contributed by atoms with Crippen molar-refractivity contribution in [2.24, 2.45) is 5.92 Å². The number of hydrogen-bond acceptors (Lipinski definition) is 3. The molecule has 0 amide bonds. The van der Waals surface area contributed by atoms with E-state index < -0.39 is 22.8 Å². The largest absolute Gasteiger partial charge is 0.367 e.